The summed E-state index contributed by atoms with van der Waals surface area (Å²) in [7, 11) is 0. The second-order valence-electron chi connectivity index (χ2n) is 2.90. The summed E-state index contributed by atoms with van der Waals surface area (Å²) in [5.74, 6) is -0.882. The highest BCUT2D eigenvalue weighted by Gasteiger charge is 2.23. The summed E-state index contributed by atoms with van der Waals surface area (Å²) in [6.45, 7) is 4.99. The molecule has 0 saturated carbocycles. The first kappa shape index (κ1) is 11.9. The van der Waals surface area contributed by atoms with Gasteiger partial charge in [0.25, 0.3) is 0 Å². The maximum atomic E-state index is 11.5. The molecule has 0 bridgehead atoms. The average molecular weight is 275 g/mol. The molecule has 0 aliphatic rings. The van der Waals surface area contributed by atoms with Gasteiger partial charge in [0.1, 0.15) is 0 Å². The van der Waals surface area contributed by atoms with E-state index in [1.165, 1.54) is 6.92 Å². The Balaban J connectivity index is 3.25. The molecule has 82 valence electrons. The number of hydrogen-bond donors (Lipinski definition) is 0. The number of carbonyl (C=O) groups is 2. The van der Waals surface area contributed by atoms with E-state index in [2.05, 4.69) is 21.0 Å². The lowest BCUT2D eigenvalue weighted by Gasteiger charge is -2.03. The molecule has 0 aromatic carbocycles. The predicted molar refractivity (Wildman–Crippen MR) is 56.9 cm³/mol. The summed E-state index contributed by atoms with van der Waals surface area (Å²) in [6, 6.07) is 0. The Morgan fingerprint density at radius 3 is 2.60 bits per heavy atom. The Hall–Kier alpha value is -1.17. The maximum absolute atomic E-state index is 11.5. The Morgan fingerprint density at radius 2 is 2.13 bits per heavy atom. The fourth-order valence-electron chi connectivity index (χ4n) is 1.11. The summed E-state index contributed by atoms with van der Waals surface area (Å²) in [4.78, 5) is 22.8. The normalized spacial score (nSPS) is 10.1. The number of halogens is 1. The second kappa shape index (κ2) is 4.57. The minimum absolute atomic E-state index is 0.141. The molecule has 6 heteroatoms. The molecular formula is C9H11BrN2O3. The Bertz CT molecular complexity index is 412. The zero-order chi connectivity index (χ0) is 11.6. The van der Waals surface area contributed by atoms with Crippen LogP contribution in [0, 0.1) is 6.92 Å². The summed E-state index contributed by atoms with van der Waals surface area (Å²) < 4.78 is 6.37. The van der Waals surface area contributed by atoms with Crippen LogP contribution in [0.3, 0.4) is 0 Å². The van der Waals surface area contributed by atoms with Crippen molar-refractivity contribution >= 4 is 27.8 Å². The van der Waals surface area contributed by atoms with Gasteiger partial charge in [-0.05, 0) is 29.8 Å². The van der Waals surface area contributed by atoms with E-state index in [1.807, 2.05) is 0 Å². The fraction of sp³-hybridized carbons (Fsp3) is 0.444. The molecule has 1 aromatic rings. The fourth-order valence-corrected chi connectivity index (χ4v) is 1.52. The third kappa shape index (κ3) is 2.26. The van der Waals surface area contributed by atoms with Gasteiger partial charge in [-0.25, -0.2) is 4.79 Å². The number of aromatic nitrogens is 2. The first-order chi connectivity index (χ1) is 6.99. The molecule has 0 atom stereocenters. The molecule has 0 radical (unpaired) electrons. The zero-order valence-electron chi connectivity index (χ0n) is 8.70. The van der Waals surface area contributed by atoms with Gasteiger partial charge in [-0.2, -0.15) is 9.78 Å². The molecular weight excluding hydrogens is 264 g/mol. The molecule has 1 heterocycles. The van der Waals surface area contributed by atoms with Crippen LogP contribution in [0.1, 0.15) is 34.8 Å². The molecule has 1 aromatic heterocycles. The van der Waals surface area contributed by atoms with Crippen molar-refractivity contribution in [3.63, 3.8) is 0 Å². The van der Waals surface area contributed by atoms with E-state index >= 15 is 0 Å². The van der Waals surface area contributed by atoms with Gasteiger partial charge in [0.2, 0.25) is 5.91 Å². The lowest BCUT2D eigenvalue weighted by molar-refractivity contribution is 0.0505. The van der Waals surface area contributed by atoms with Gasteiger partial charge >= 0.3 is 5.97 Å². The van der Waals surface area contributed by atoms with Crippen molar-refractivity contribution in [3.8, 4) is 0 Å². The van der Waals surface area contributed by atoms with Crippen molar-refractivity contribution in [2.45, 2.75) is 20.8 Å². The van der Waals surface area contributed by atoms with Gasteiger partial charge in [0.05, 0.1) is 16.8 Å². The standard InChI is InChI=1S/C9H11BrN2O3/c1-4-15-9(14)8-7(10)5(2)11-12(8)6(3)13/h4H2,1-3H3. The third-order valence-electron chi connectivity index (χ3n) is 1.75. The lowest BCUT2D eigenvalue weighted by atomic mass is 10.3. The number of carbonyl (C=O) groups excluding carboxylic acids is 2. The predicted octanol–water partition coefficient (Wildman–Crippen LogP) is 1.79. The van der Waals surface area contributed by atoms with E-state index in [1.54, 1.807) is 13.8 Å². The van der Waals surface area contributed by atoms with Crippen molar-refractivity contribution in [2.24, 2.45) is 0 Å². The number of ether oxygens (including phenoxy) is 1. The van der Waals surface area contributed by atoms with E-state index in [0.717, 1.165) is 4.68 Å². The number of nitrogens with zero attached hydrogens (tertiary/aromatic N) is 2. The molecule has 0 unspecified atom stereocenters. The van der Waals surface area contributed by atoms with Gasteiger partial charge in [-0.15, -0.1) is 0 Å². The highest BCUT2D eigenvalue weighted by molar-refractivity contribution is 9.10. The van der Waals surface area contributed by atoms with Crippen molar-refractivity contribution in [2.75, 3.05) is 6.61 Å². The molecule has 0 aliphatic heterocycles. The maximum Gasteiger partial charge on any atom is 0.358 e. The van der Waals surface area contributed by atoms with E-state index in [9.17, 15) is 9.59 Å². The molecule has 0 saturated heterocycles. The number of rotatable bonds is 2. The molecule has 0 N–H and O–H groups in total. The largest absolute Gasteiger partial charge is 0.461 e. The summed E-state index contributed by atoms with van der Waals surface area (Å²) in [5, 5.41) is 3.93. The first-order valence-corrected chi connectivity index (χ1v) is 5.21. The van der Waals surface area contributed by atoms with E-state index in [4.69, 9.17) is 4.74 Å². The second-order valence-corrected chi connectivity index (χ2v) is 3.69. The van der Waals surface area contributed by atoms with Gasteiger partial charge in [0.15, 0.2) is 5.69 Å². The highest BCUT2D eigenvalue weighted by atomic mass is 79.9. The van der Waals surface area contributed by atoms with Crippen molar-refractivity contribution in [1.29, 1.82) is 0 Å². The van der Waals surface area contributed by atoms with Crippen LogP contribution in [0.2, 0.25) is 0 Å². The summed E-state index contributed by atoms with van der Waals surface area (Å²) in [6.07, 6.45) is 0. The van der Waals surface area contributed by atoms with Crippen LogP contribution < -0.4 is 0 Å². The lowest BCUT2D eigenvalue weighted by Crippen LogP contribution is -2.17. The third-order valence-corrected chi connectivity index (χ3v) is 2.70. The molecule has 5 nitrogen and oxygen atoms in total. The minimum Gasteiger partial charge on any atom is -0.461 e. The van der Waals surface area contributed by atoms with Crippen LogP contribution in [0.4, 0.5) is 0 Å². The quantitative estimate of drug-likeness (QED) is 0.772. The molecule has 0 fully saturated rings. The van der Waals surface area contributed by atoms with Crippen molar-refractivity contribution in [3.05, 3.63) is 15.9 Å². The molecule has 0 spiro atoms. The molecule has 1 rings (SSSR count). The van der Waals surface area contributed by atoms with Gasteiger partial charge in [-0.1, -0.05) is 0 Å². The smallest absolute Gasteiger partial charge is 0.358 e. The van der Waals surface area contributed by atoms with Crippen LogP contribution >= 0.6 is 15.9 Å². The summed E-state index contributed by atoms with van der Waals surface area (Å²) in [5.41, 5.74) is 0.718. The van der Waals surface area contributed by atoms with E-state index < -0.39 is 5.97 Å². The first-order valence-electron chi connectivity index (χ1n) is 4.42. The topological polar surface area (TPSA) is 61.2 Å². The van der Waals surface area contributed by atoms with Crippen LogP contribution in [-0.4, -0.2) is 28.3 Å². The number of esters is 1. The minimum atomic E-state index is -0.555. The Morgan fingerprint density at radius 1 is 1.53 bits per heavy atom. The van der Waals surface area contributed by atoms with Crippen LogP contribution in [0.25, 0.3) is 0 Å². The average Bonchev–Trinajstić information content (AvgIpc) is 2.44. The number of aryl methyl sites for hydroxylation is 1. The van der Waals surface area contributed by atoms with E-state index in [-0.39, 0.29) is 18.2 Å². The van der Waals surface area contributed by atoms with Gasteiger partial charge < -0.3 is 4.74 Å². The monoisotopic (exact) mass is 274 g/mol. The summed E-state index contributed by atoms with van der Waals surface area (Å²) >= 11 is 3.20. The van der Waals surface area contributed by atoms with Crippen molar-refractivity contribution < 1.29 is 14.3 Å². The van der Waals surface area contributed by atoms with Crippen molar-refractivity contribution in [1.82, 2.24) is 9.78 Å². The number of hydrogen-bond acceptors (Lipinski definition) is 4. The highest BCUT2D eigenvalue weighted by Crippen LogP contribution is 2.21. The molecule has 15 heavy (non-hydrogen) atoms. The van der Waals surface area contributed by atoms with Gasteiger partial charge in [-0.3, -0.25) is 4.79 Å². The van der Waals surface area contributed by atoms with Crippen LogP contribution in [-0.2, 0) is 4.74 Å². The molecule has 0 amide bonds. The van der Waals surface area contributed by atoms with Crippen LogP contribution in [0.5, 0.6) is 0 Å². The van der Waals surface area contributed by atoms with E-state index in [0.29, 0.717) is 10.2 Å². The SMILES string of the molecule is CCOC(=O)c1c(Br)c(C)nn1C(C)=O. The molecule has 0 aliphatic carbocycles. The van der Waals surface area contributed by atoms with Gasteiger partial charge in [0, 0.05) is 6.92 Å². The Labute approximate surface area is 95.5 Å². The van der Waals surface area contributed by atoms with Crippen LogP contribution in [0.15, 0.2) is 4.47 Å². The Kier molecular flexibility index (Phi) is 3.62. The zero-order valence-corrected chi connectivity index (χ0v) is 10.3.